The Kier molecular flexibility index (Phi) is 6.07. The molecule has 0 aliphatic heterocycles. The quantitative estimate of drug-likeness (QED) is 0.582. The molecule has 0 atom stereocenters. The van der Waals surface area contributed by atoms with Gasteiger partial charge in [-0.05, 0) is 48.4 Å². The molecule has 152 valence electrons. The maximum atomic E-state index is 13.5. The molecule has 0 aliphatic carbocycles. The van der Waals surface area contributed by atoms with Gasteiger partial charge in [0, 0.05) is 11.6 Å². The number of carbonyl (C=O) groups is 1. The minimum Gasteiger partial charge on any atom is -0.406 e. The summed E-state index contributed by atoms with van der Waals surface area (Å²) in [5, 5.41) is 6.54. The number of hydrogen-bond acceptors (Lipinski definition) is 3. The van der Waals surface area contributed by atoms with E-state index in [1.807, 2.05) is 0 Å². The molecular formula is C19H14ClF4N3O2. The highest BCUT2D eigenvalue weighted by atomic mass is 35.5. The van der Waals surface area contributed by atoms with E-state index in [1.165, 1.54) is 0 Å². The first kappa shape index (κ1) is 20.7. The summed E-state index contributed by atoms with van der Waals surface area (Å²) >= 11 is 5.87. The molecule has 1 aromatic heterocycles. The molecule has 29 heavy (non-hydrogen) atoms. The molecule has 5 nitrogen and oxygen atoms in total. The van der Waals surface area contributed by atoms with E-state index in [0.29, 0.717) is 16.1 Å². The zero-order valence-electron chi connectivity index (χ0n) is 14.7. The number of ether oxygens (including phenoxy) is 1. The highest BCUT2D eigenvalue weighted by Gasteiger charge is 2.40. The number of alkyl halides is 3. The van der Waals surface area contributed by atoms with Gasteiger partial charge >= 0.3 is 12.3 Å². The van der Waals surface area contributed by atoms with E-state index in [1.54, 1.807) is 24.3 Å². The van der Waals surface area contributed by atoms with Crippen LogP contribution in [-0.4, -0.2) is 22.4 Å². The maximum absolute atomic E-state index is 13.5. The van der Waals surface area contributed by atoms with Crippen LogP contribution >= 0.6 is 11.6 Å². The Morgan fingerprint density at radius 1 is 1.17 bits per heavy atom. The monoisotopic (exact) mass is 427 g/mol. The van der Waals surface area contributed by atoms with Crippen molar-refractivity contribution in [1.82, 2.24) is 15.1 Å². The van der Waals surface area contributed by atoms with Crippen LogP contribution in [0.5, 0.6) is 5.75 Å². The molecule has 0 saturated carbocycles. The number of carbonyl (C=O) groups excluding carboxylic acids is 1. The zero-order chi connectivity index (χ0) is 21.0. The van der Waals surface area contributed by atoms with Crippen LogP contribution in [0.1, 0.15) is 11.3 Å². The average Bonchev–Trinajstić information content (AvgIpc) is 3.06. The van der Waals surface area contributed by atoms with Crippen molar-refractivity contribution in [2.75, 3.05) is 6.54 Å². The number of amides is 1. The molecule has 0 bridgehead atoms. The average molecular weight is 428 g/mol. The second-order valence-electron chi connectivity index (χ2n) is 5.94. The van der Waals surface area contributed by atoms with E-state index >= 15 is 0 Å². The third-order valence-electron chi connectivity index (χ3n) is 3.85. The van der Waals surface area contributed by atoms with Crippen LogP contribution in [0.25, 0.3) is 5.69 Å². The minimum absolute atomic E-state index is 0.0325. The number of nitrogens with one attached hydrogen (secondary N) is 1. The largest absolute Gasteiger partial charge is 0.437 e. The van der Waals surface area contributed by atoms with Crippen LogP contribution in [0, 0.1) is 5.82 Å². The van der Waals surface area contributed by atoms with Crippen molar-refractivity contribution in [2.45, 2.75) is 12.6 Å². The first-order valence-corrected chi connectivity index (χ1v) is 8.73. The van der Waals surface area contributed by atoms with Crippen LogP contribution in [0.3, 0.4) is 0 Å². The van der Waals surface area contributed by atoms with Crippen molar-refractivity contribution in [2.24, 2.45) is 0 Å². The topological polar surface area (TPSA) is 56.1 Å². The molecule has 0 spiro atoms. The van der Waals surface area contributed by atoms with Gasteiger partial charge in [-0.1, -0.05) is 23.7 Å². The molecule has 0 radical (unpaired) electrons. The lowest BCUT2D eigenvalue weighted by molar-refractivity contribution is -0.143. The Balaban J connectivity index is 1.71. The van der Waals surface area contributed by atoms with Gasteiger partial charge in [0.05, 0.1) is 11.9 Å². The summed E-state index contributed by atoms with van der Waals surface area (Å²) in [6.07, 6.45) is -4.73. The molecule has 0 saturated heterocycles. The van der Waals surface area contributed by atoms with Crippen molar-refractivity contribution in [1.29, 1.82) is 0 Å². The zero-order valence-corrected chi connectivity index (χ0v) is 15.5. The molecular weight excluding hydrogens is 414 g/mol. The molecule has 1 N–H and O–H groups in total. The van der Waals surface area contributed by atoms with Crippen molar-refractivity contribution >= 4 is 17.7 Å². The SMILES string of the molecule is O=C(NCCc1cccc(Cl)c1)Oc1cnn(-c2ccc(F)cc2)c1C(F)(F)F. The summed E-state index contributed by atoms with van der Waals surface area (Å²) in [5.74, 6) is -1.37. The first-order chi connectivity index (χ1) is 13.7. The van der Waals surface area contributed by atoms with Crippen LogP contribution in [0.15, 0.2) is 54.7 Å². The van der Waals surface area contributed by atoms with Gasteiger partial charge < -0.3 is 10.1 Å². The minimum atomic E-state index is -4.86. The molecule has 0 unspecified atom stereocenters. The Hall–Kier alpha value is -3.07. The second-order valence-corrected chi connectivity index (χ2v) is 6.38. The maximum Gasteiger partial charge on any atom is 0.437 e. The van der Waals surface area contributed by atoms with E-state index in [4.69, 9.17) is 16.3 Å². The predicted molar refractivity (Wildman–Crippen MR) is 97.7 cm³/mol. The fourth-order valence-corrected chi connectivity index (χ4v) is 2.80. The lowest BCUT2D eigenvalue weighted by atomic mass is 10.1. The van der Waals surface area contributed by atoms with Gasteiger partial charge in [-0.2, -0.15) is 18.3 Å². The summed E-state index contributed by atoms with van der Waals surface area (Å²) < 4.78 is 58.9. The second kappa shape index (κ2) is 8.52. The van der Waals surface area contributed by atoms with Crippen molar-refractivity contribution < 1.29 is 27.1 Å². The number of aromatic nitrogens is 2. The van der Waals surface area contributed by atoms with Crippen LogP contribution in [0.2, 0.25) is 5.02 Å². The number of halogens is 5. The highest BCUT2D eigenvalue weighted by molar-refractivity contribution is 6.30. The lowest BCUT2D eigenvalue weighted by Crippen LogP contribution is -2.29. The van der Waals surface area contributed by atoms with Gasteiger partial charge in [0.2, 0.25) is 0 Å². The summed E-state index contributed by atoms with van der Waals surface area (Å²) in [7, 11) is 0. The third-order valence-corrected chi connectivity index (χ3v) is 4.09. The first-order valence-electron chi connectivity index (χ1n) is 8.35. The van der Waals surface area contributed by atoms with Gasteiger partial charge in [-0.15, -0.1) is 0 Å². The molecule has 3 rings (SSSR count). The fourth-order valence-electron chi connectivity index (χ4n) is 2.58. The fraction of sp³-hybridized carbons (Fsp3) is 0.158. The van der Waals surface area contributed by atoms with E-state index in [9.17, 15) is 22.4 Å². The van der Waals surface area contributed by atoms with Crippen LogP contribution < -0.4 is 10.1 Å². The Morgan fingerprint density at radius 3 is 2.55 bits per heavy atom. The molecule has 2 aromatic carbocycles. The molecule has 0 aliphatic rings. The van der Waals surface area contributed by atoms with Gasteiger partial charge in [-0.3, -0.25) is 0 Å². The normalized spacial score (nSPS) is 11.3. The van der Waals surface area contributed by atoms with Gasteiger partial charge in [0.25, 0.3) is 0 Å². The summed E-state index contributed by atoms with van der Waals surface area (Å²) in [5.41, 5.74) is -0.470. The van der Waals surface area contributed by atoms with Gasteiger partial charge in [0.15, 0.2) is 11.4 Å². The van der Waals surface area contributed by atoms with E-state index < -0.39 is 29.5 Å². The highest BCUT2D eigenvalue weighted by Crippen LogP contribution is 2.37. The van der Waals surface area contributed by atoms with E-state index in [0.717, 1.165) is 36.0 Å². The molecule has 10 heteroatoms. The molecule has 0 fully saturated rings. The number of hydrogen-bond donors (Lipinski definition) is 1. The van der Waals surface area contributed by atoms with Gasteiger partial charge in [0.1, 0.15) is 5.82 Å². The third kappa shape index (κ3) is 5.26. The lowest BCUT2D eigenvalue weighted by Gasteiger charge is -2.13. The number of benzene rings is 2. The van der Waals surface area contributed by atoms with E-state index in [2.05, 4.69) is 10.4 Å². The van der Waals surface area contributed by atoms with E-state index in [-0.39, 0.29) is 12.2 Å². The smallest absolute Gasteiger partial charge is 0.406 e. The van der Waals surface area contributed by atoms with Crippen molar-refractivity contribution in [3.63, 3.8) is 0 Å². The predicted octanol–water partition coefficient (Wildman–Crippen LogP) is 5.01. The Labute approximate surface area is 167 Å². The van der Waals surface area contributed by atoms with Crippen LogP contribution in [0.4, 0.5) is 22.4 Å². The number of nitrogens with zero attached hydrogens (tertiary/aromatic N) is 2. The molecule has 1 amide bonds. The summed E-state index contributed by atoms with van der Waals surface area (Å²) in [4.78, 5) is 11.9. The number of rotatable bonds is 5. The summed E-state index contributed by atoms with van der Waals surface area (Å²) in [6, 6.07) is 11.2. The molecule has 1 heterocycles. The van der Waals surface area contributed by atoms with Crippen molar-refractivity contribution in [3.8, 4) is 11.4 Å². The standard InChI is InChI=1S/C19H14ClF4N3O2/c20-13-3-1-2-12(10-13)8-9-25-18(28)29-16-11-26-27(17(16)19(22,23)24)15-6-4-14(21)5-7-15/h1-7,10-11H,8-9H2,(H,25,28). The van der Waals surface area contributed by atoms with Gasteiger partial charge in [-0.25, -0.2) is 13.9 Å². The van der Waals surface area contributed by atoms with Crippen LogP contribution in [-0.2, 0) is 12.6 Å². The Bertz CT molecular complexity index is 1000. The van der Waals surface area contributed by atoms with Crippen molar-refractivity contribution in [3.05, 3.63) is 76.8 Å². The Morgan fingerprint density at radius 2 is 1.90 bits per heavy atom. The summed E-state index contributed by atoms with van der Waals surface area (Å²) in [6.45, 7) is 0.132. The molecule has 3 aromatic rings.